The van der Waals surface area contributed by atoms with Crippen LogP contribution in [0.3, 0.4) is 0 Å². The van der Waals surface area contributed by atoms with Gasteiger partial charge in [-0.15, -0.1) is 0 Å². The number of carbonyl (C=O) groups is 2. The van der Waals surface area contributed by atoms with Crippen molar-refractivity contribution in [3.05, 3.63) is 29.8 Å². The lowest BCUT2D eigenvalue weighted by Gasteiger charge is -2.22. The summed E-state index contributed by atoms with van der Waals surface area (Å²) in [5.41, 5.74) is -0.763. The van der Waals surface area contributed by atoms with E-state index in [0.717, 1.165) is 4.90 Å². The molecule has 2 rings (SSSR count). The van der Waals surface area contributed by atoms with Crippen molar-refractivity contribution in [1.82, 2.24) is 10.2 Å². The van der Waals surface area contributed by atoms with Crippen molar-refractivity contribution >= 4 is 11.9 Å². The van der Waals surface area contributed by atoms with Crippen molar-refractivity contribution < 1.29 is 27.8 Å². The van der Waals surface area contributed by atoms with Crippen molar-refractivity contribution in [1.29, 1.82) is 0 Å². The van der Waals surface area contributed by atoms with Gasteiger partial charge in [-0.1, -0.05) is 12.1 Å². The molecule has 0 aromatic heterocycles. The van der Waals surface area contributed by atoms with E-state index in [-0.39, 0.29) is 18.9 Å². The van der Waals surface area contributed by atoms with E-state index in [0.29, 0.717) is 5.56 Å². The van der Waals surface area contributed by atoms with Crippen LogP contribution in [0.25, 0.3) is 0 Å². The Balaban J connectivity index is 2.20. The number of hydrogen-bond acceptors (Lipinski definition) is 4. The highest BCUT2D eigenvalue weighted by molar-refractivity contribution is 6.07. The standard InChI is InChI=1S/C14H16F2N2O4/c1-14(9-3-5-10(6-4-9)22-12(15)16)11(19)18(7-8-21-2)13(20)17-14/h3-6,12H,7-8H2,1-2H3,(H,17,20). The zero-order valence-corrected chi connectivity index (χ0v) is 12.1. The molecule has 1 aromatic carbocycles. The van der Waals surface area contributed by atoms with Gasteiger partial charge in [-0.05, 0) is 24.6 Å². The van der Waals surface area contributed by atoms with Crippen LogP contribution in [0.15, 0.2) is 24.3 Å². The predicted molar refractivity (Wildman–Crippen MR) is 72.5 cm³/mol. The Morgan fingerprint density at radius 3 is 2.45 bits per heavy atom. The average Bonchev–Trinajstić information content (AvgIpc) is 2.68. The predicted octanol–water partition coefficient (Wildman–Crippen LogP) is 1.70. The second-order valence-corrected chi connectivity index (χ2v) is 4.91. The van der Waals surface area contributed by atoms with Crippen LogP contribution in [0.4, 0.5) is 13.6 Å². The number of ether oxygens (including phenoxy) is 2. The van der Waals surface area contributed by atoms with Gasteiger partial charge < -0.3 is 14.8 Å². The molecule has 1 heterocycles. The molecule has 0 aliphatic carbocycles. The van der Waals surface area contributed by atoms with E-state index in [2.05, 4.69) is 10.1 Å². The van der Waals surface area contributed by atoms with Crippen LogP contribution in [-0.2, 0) is 15.1 Å². The molecule has 6 nitrogen and oxygen atoms in total. The summed E-state index contributed by atoms with van der Waals surface area (Å²) in [5, 5.41) is 2.61. The van der Waals surface area contributed by atoms with Crippen LogP contribution < -0.4 is 10.1 Å². The molecule has 1 atom stereocenters. The molecule has 1 N–H and O–H groups in total. The summed E-state index contributed by atoms with van der Waals surface area (Å²) in [4.78, 5) is 25.4. The number of alkyl halides is 2. The van der Waals surface area contributed by atoms with Gasteiger partial charge in [0.15, 0.2) is 0 Å². The molecule has 0 bridgehead atoms. The van der Waals surface area contributed by atoms with Crippen LogP contribution in [0.1, 0.15) is 12.5 Å². The molecule has 8 heteroatoms. The van der Waals surface area contributed by atoms with Gasteiger partial charge in [0, 0.05) is 7.11 Å². The van der Waals surface area contributed by atoms with Gasteiger partial charge >= 0.3 is 12.6 Å². The van der Waals surface area contributed by atoms with E-state index >= 15 is 0 Å². The van der Waals surface area contributed by atoms with Crippen LogP contribution in [-0.4, -0.2) is 43.7 Å². The van der Waals surface area contributed by atoms with Crippen LogP contribution in [0.5, 0.6) is 5.75 Å². The molecule has 0 spiro atoms. The molecule has 22 heavy (non-hydrogen) atoms. The SMILES string of the molecule is COCCN1C(=O)NC(C)(c2ccc(OC(F)F)cc2)C1=O. The molecular weight excluding hydrogens is 298 g/mol. The summed E-state index contributed by atoms with van der Waals surface area (Å²) < 4.78 is 33.4. The molecule has 1 aliphatic heterocycles. The first-order valence-corrected chi connectivity index (χ1v) is 6.57. The number of halogens is 2. The first-order valence-electron chi connectivity index (χ1n) is 6.57. The van der Waals surface area contributed by atoms with E-state index < -0.39 is 24.1 Å². The lowest BCUT2D eigenvalue weighted by Crippen LogP contribution is -2.41. The Bertz CT molecular complexity index is 564. The topological polar surface area (TPSA) is 67.9 Å². The van der Waals surface area contributed by atoms with Crippen molar-refractivity contribution in [2.75, 3.05) is 20.3 Å². The molecule has 3 amide bonds. The molecular formula is C14H16F2N2O4. The highest BCUT2D eigenvalue weighted by atomic mass is 19.3. The van der Waals surface area contributed by atoms with Gasteiger partial charge in [0.1, 0.15) is 11.3 Å². The fourth-order valence-corrected chi connectivity index (χ4v) is 2.25. The fourth-order valence-electron chi connectivity index (χ4n) is 2.25. The quantitative estimate of drug-likeness (QED) is 0.812. The van der Waals surface area contributed by atoms with E-state index in [1.807, 2.05) is 0 Å². The van der Waals surface area contributed by atoms with Crippen molar-refractivity contribution in [3.8, 4) is 5.75 Å². The number of rotatable bonds is 6. The number of imide groups is 1. The van der Waals surface area contributed by atoms with Crippen molar-refractivity contribution in [2.24, 2.45) is 0 Å². The van der Waals surface area contributed by atoms with E-state index in [9.17, 15) is 18.4 Å². The number of urea groups is 1. The lowest BCUT2D eigenvalue weighted by molar-refractivity contribution is -0.131. The van der Waals surface area contributed by atoms with Crippen molar-refractivity contribution in [2.45, 2.75) is 19.1 Å². The third kappa shape index (κ3) is 3.01. The van der Waals surface area contributed by atoms with Crippen LogP contribution in [0, 0.1) is 0 Å². The third-order valence-corrected chi connectivity index (χ3v) is 3.45. The van der Waals surface area contributed by atoms with Gasteiger partial charge in [-0.2, -0.15) is 8.78 Å². The minimum Gasteiger partial charge on any atom is -0.435 e. The van der Waals surface area contributed by atoms with Gasteiger partial charge in [0.05, 0.1) is 13.2 Å². The summed E-state index contributed by atoms with van der Waals surface area (Å²) in [7, 11) is 1.47. The maximum atomic E-state index is 12.4. The van der Waals surface area contributed by atoms with Gasteiger partial charge in [0.2, 0.25) is 0 Å². The number of methoxy groups -OCH3 is 1. The summed E-state index contributed by atoms with van der Waals surface area (Å²) in [6, 6.07) is 5.07. The average molecular weight is 314 g/mol. The molecule has 1 unspecified atom stereocenters. The number of nitrogens with one attached hydrogen (secondary N) is 1. The van der Waals surface area contributed by atoms with E-state index in [1.165, 1.54) is 31.4 Å². The van der Waals surface area contributed by atoms with E-state index in [1.54, 1.807) is 6.92 Å². The molecule has 1 aromatic rings. The summed E-state index contributed by atoms with van der Waals surface area (Å²) >= 11 is 0. The van der Waals surface area contributed by atoms with Crippen molar-refractivity contribution in [3.63, 3.8) is 0 Å². The Morgan fingerprint density at radius 1 is 1.27 bits per heavy atom. The Kier molecular flexibility index (Phi) is 4.60. The minimum atomic E-state index is -2.92. The monoisotopic (exact) mass is 314 g/mol. The third-order valence-electron chi connectivity index (χ3n) is 3.45. The second-order valence-electron chi connectivity index (χ2n) is 4.91. The largest absolute Gasteiger partial charge is 0.435 e. The maximum absolute atomic E-state index is 12.4. The first-order chi connectivity index (χ1) is 10.4. The number of amides is 3. The van der Waals surface area contributed by atoms with E-state index in [4.69, 9.17) is 4.74 Å². The second kappa shape index (κ2) is 6.27. The van der Waals surface area contributed by atoms with Crippen LogP contribution in [0.2, 0.25) is 0 Å². The van der Waals surface area contributed by atoms with Crippen LogP contribution >= 0.6 is 0 Å². The molecule has 1 aliphatic rings. The number of benzene rings is 1. The summed E-state index contributed by atoms with van der Waals surface area (Å²) in [6.07, 6.45) is 0. The Hall–Kier alpha value is -2.22. The lowest BCUT2D eigenvalue weighted by atomic mass is 9.92. The molecule has 0 saturated carbocycles. The van der Waals surface area contributed by atoms with Gasteiger partial charge in [-0.3, -0.25) is 9.69 Å². The first kappa shape index (κ1) is 16.2. The molecule has 1 fully saturated rings. The Morgan fingerprint density at radius 2 is 1.91 bits per heavy atom. The zero-order chi connectivity index (χ0) is 16.3. The number of carbonyl (C=O) groups excluding carboxylic acids is 2. The number of hydrogen-bond donors (Lipinski definition) is 1. The highest BCUT2D eigenvalue weighted by Crippen LogP contribution is 2.30. The normalized spacial score (nSPS) is 21.4. The minimum absolute atomic E-state index is 0.0182. The molecule has 120 valence electrons. The molecule has 0 radical (unpaired) electrons. The summed E-state index contributed by atoms with van der Waals surface area (Å²) in [5.74, 6) is -0.438. The number of nitrogens with zero attached hydrogens (tertiary/aromatic N) is 1. The zero-order valence-electron chi connectivity index (χ0n) is 12.1. The molecule has 1 saturated heterocycles. The highest BCUT2D eigenvalue weighted by Gasteiger charge is 2.48. The Labute approximate surface area is 126 Å². The fraction of sp³-hybridized carbons (Fsp3) is 0.429. The smallest absolute Gasteiger partial charge is 0.387 e. The maximum Gasteiger partial charge on any atom is 0.387 e. The van der Waals surface area contributed by atoms with Gasteiger partial charge in [-0.25, -0.2) is 4.79 Å². The van der Waals surface area contributed by atoms with Gasteiger partial charge in [0.25, 0.3) is 5.91 Å². The summed E-state index contributed by atoms with van der Waals surface area (Å²) in [6.45, 7) is -0.985.